The largest absolute Gasteiger partial charge is 0.444 e. The third kappa shape index (κ3) is 2.67. The van der Waals surface area contributed by atoms with Gasteiger partial charge in [-0.1, -0.05) is 0 Å². The molecular formula is C12H22N2O2. The Morgan fingerprint density at radius 3 is 2.62 bits per heavy atom. The lowest BCUT2D eigenvalue weighted by Crippen LogP contribution is -2.44. The van der Waals surface area contributed by atoms with Gasteiger partial charge in [-0.3, -0.25) is 0 Å². The maximum Gasteiger partial charge on any atom is 0.407 e. The molecule has 0 aliphatic heterocycles. The van der Waals surface area contributed by atoms with Crippen molar-refractivity contribution in [2.24, 2.45) is 17.6 Å². The molecule has 0 saturated heterocycles. The number of rotatable bonds is 1. The maximum atomic E-state index is 11.6. The number of ether oxygens (including phenoxy) is 1. The number of carbonyl (C=O) groups is 1. The Labute approximate surface area is 96.9 Å². The maximum absolute atomic E-state index is 11.6. The predicted octanol–water partition coefficient (Wildman–Crippen LogP) is 1.64. The molecule has 0 aromatic carbocycles. The quantitative estimate of drug-likeness (QED) is 0.714. The Hall–Kier alpha value is -0.770. The van der Waals surface area contributed by atoms with Gasteiger partial charge in [0.15, 0.2) is 0 Å². The van der Waals surface area contributed by atoms with Crippen molar-refractivity contribution in [3.05, 3.63) is 0 Å². The molecule has 2 rings (SSSR count). The van der Waals surface area contributed by atoms with Gasteiger partial charge >= 0.3 is 6.09 Å². The van der Waals surface area contributed by atoms with Crippen LogP contribution in [0.15, 0.2) is 0 Å². The van der Waals surface area contributed by atoms with Crippen LogP contribution in [0.3, 0.4) is 0 Å². The van der Waals surface area contributed by atoms with E-state index in [-0.39, 0.29) is 12.1 Å². The van der Waals surface area contributed by atoms with Gasteiger partial charge < -0.3 is 15.8 Å². The number of nitrogens with one attached hydrogen (secondary N) is 1. The van der Waals surface area contributed by atoms with E-state index < -0.39 is 5.60 Å². The van der Waals surface area contributed by atoms with Gasteiger partial charge in [-0.2, -0.15) is 0 Å². The summed E-state index contributed by atoms with van der Waals surface area (Å²) in [6, 6.07) is 0.626. The molecule has 0 aromatic heterocycles. The summed E-state index contributed by atoms with van der Waals surface area (Å²) >= 11 is 0. The van der Waals surface area contributed by atoms with Gasteiger partial charge in [0.1, 0.15) is 5.60 Å². The smallest absolute Gasteiger partial charge is 0.407 e. The SMILES string of the molecule is CC(C)(C)OC(=O)N[C@H]1CCC(N)[C@@H]2C[C@H]12. The number of hydrogen-bond acceptors (Lipinski definition) is 3. The molecule has 16 heavy (non-hydrogen) atoms. The first-order chi connectivity index (χ1) is 7.37. The lowest BCUT2D eigenvalue weighted by molar-refractivity contribution is 0.0486. The minimum atomic E-state index is -0.419. The first-order valence-corrected chi connectivity index (χ1v) is 6.12. The van der Waals surface area contributed by atoms with E-state index in [9.17, 15) is 4.79 Å². The predicted molar refractivity (Wildman–Crippen MR) is 62.0 cm³/mol. The van der Waals surface area contributed by atoms with E-state index >= 15 is 0 Å². The molecule has 2 aliphatic rings. The fraction of sp³-hybridized carbons (Fsp3) is 0.917. The summed E-state index contributed by atoms with van der Waals surface area (Å²) in [4.78, 5) is 11.6. The molecule has 0 radical (unpaired) electrons. The summed E-state index contributed by atoms with van der Waals surface area (Å²) in [5.41, 5.74) is 5.55. The topological polar surface area (TPSA) is 64.3 Å². The van der Waals surface area contributed by atoms with Crippen molar-refractivity contribution in [3.63, 3.8) is 0 Å². The van der Waals surface area contributed by atoms with Gasteiger partial charge in [-0.05, 0) is 51.9 Å². The van der Waals surface area contributed by atoms with Crippen LogP contribution < -0.4 is 11.1 Å². The number of hydrogen-bond donors (Lipinski definition) is 2. The molecule has 92 valence electrons. The van der Waals surface area contributed by atoms with Crippen LogP contribution in [-0.4, -0.2) is 23.8 Å². The van der Waals surface area contributed by atoms with E-state index in [1.54, 1.807) is 0 Å². The Morgan fingerprint density at radius 2 is 2.00 bits per heavy atom. The highest BCUT2D eigenvalue weighted by atomic mass is 16.6. The van der Waals surface area contributed by atoms with Crippen LogP contribution in [0.5, 0.6) is 0 Å². The molecule has 2 fully saturated rings. The van der Waals surface area contributed by atoms with Crippen molar-refractivity contribution in [1.29, 1.82) is 0 Å². The van der Waals surface area contributed by atoms with Crippen LogP contribution in [0.4, 0.5) is 4.79 Å². The van der Waals surface area contributed by atoms with Crippen molar-refractivity contribution in [2.75, 3.05) is 0 Å². The standard InChI is InChI=1S/C12H22N2O2/c1-12(2,3)16-11(15)14-10-5-4-9(13)7-6-8(7)10/h7-10H,4-6,13H2,1-3H3,(H,14,15)/t7-,8+,9?,10+/m1/s1. The number of carbonyl (C=O) groups excluding carboxylic acids is 1. The van der Waals surface area contributed by atoms with Gasteiger partial charge in [-0.25, -0.2) is 4.79 Å². The van der Waals surface area contributed by atoms with Gasteiger partial charge in [0.25, 0.3) is 0 Å². The molecule has 0 heterocycles. The minimum absolute atomic E-state index is 0.277. The van der Waals surface area contributed by atoms with Gasteiger partial charge in [0.05, 0.1) is 0 Å². The molecule has 2 saturated carbocycles. The lowest BCUT2D eigenvalue weighted by atomic mass is 9.92. The second-order valence-electron chi connectivity index (χ2n) is 6.06. The minimum Gasteiger partial charge on any atom is -0.444 e. The van der Waals surface area contributed by atoms with Crippen molar-refractivity contribution < 1.29 is 9.53 Å². The van der Waals surface area contributed by atoms with Crippen molar-refractivity contribution >= 4 is 6.09 Å². The Bertz CT molecular complexity index is 285. The van der Waals surface area contributed by atoms with Crippen molar-refractivity contribution in [1.82, 2.24) is 5.32 Å². The van der Waals surface area contributed by atoms with Gasteiger partial charge in [0, 0.05) is 12.1 Å². The van der Waals surface area contributed by atoms with Crippen LogP contribution >= 0.6 is 0 Å². The highest BCUT2D eigenvalue weighted by Gasteiger charge is 2.50. The van der Waals surface area contributed by atoms with E-state index in [2.05, 4.69) is 5.32 Å². The molecule has 4 heteroatoms. The lowest BCUT2D eigenvalue weighted by Gasteiger charge is -2.28. The summed E-state index contributed by atoms with van der Waals surface area (Å²) < 4.78 is 5.25. The molecule has 4 atom stereocenters. The monoisotopic (exact) mass is 226 g/mol. The number of alkyl carbamates (subject to hydrolysis) is 1. The third-order valence-corrected chi connectivity index (χ3v) is 3.47. The van der Waals surface area contributed by atoms with Crippen LogP contribution in [0.25, 0.3) is 0 Å². The first-order valence-electron chi connectivity index (χ1n) is 6.12. The van der Waals surface area contributed by atoms with E-state index in [1.165, 1.54) is 6.42 Å². The van der Waals surface area contributed by atoms with Gasteiger partial charge in [-0.15, -0.1) is 0 Å². The molecular weight excluding hydrogens is 204 g/mol. The van der Waals surface area contributed by atoms with Gasteiger partial charge in [0.2, 0.25) is 0 Å². The second kappa shape index (κ2) is 3.91. The van der Waals surface area contributed by atoms with E-state index in [1.807, 2.05) is 20.8 Å². The van der Waals surface area contributed by atoms with Crippen molar-refractivity contribution in [2.45, 2.75) is 57.7 Å². The zero-order chi connectivity index (χ0) is 11.9. The molecule has 3 N–H and O–H groups in total. The Kier molecular flexibility index (Phi) is 2.86. The number of fused-ring (bicyclic) bond motifs is 1. The summed E-state index contributed by atoms with van der Waals surface area (Å²) in [5, 5.41) is 2.97. The second-order valence-corrected chi connectivity index (χ2v) is 6.06. The number of nitrogens with two attached hydrogens (primary N) is 1. The molecule has 1 amide bonds. The van der Waals surface area contributed by atoms with Crippen LogP contribution in [0.2, 0.25) is 0 Å². The molecule has 2 aliphatic carbocycles. The Morgan fingerprint density at radius 1 is 1.31 bits per heavy atom. The molecule has 4 nitrogen and oxygen atoms in total. The number of amides is 1. The molecule has 1 unspecified atom stereocenters. The summed E-state index contributed by atoms with van der Waals surface area (Å²) in [6.07, 6.45) is 2.88. The zero-order valence-corrected chi connectivity index (χ0v) is 10.3. The fourth-order valence-electron chi connectivity index (χ4n) is 2.63. The molecule has 0 bridgehead atoms. The van der Waals surface area contributed by atoms with Crippen LogP contribution in [0.1, 0.15) is 40.0 Å². The fourth-order valence-corrected chi connectivity index (χ4v) is 2.63. The summed E-state index contributed by atoms with van der Waals surface area (Å²) in [6.45, 7) is 5.63. The molecule has 0 aromatic rings. The van der Waals surface area contributed by atoms with Crippen LogP contribution in [-0.2, 0) is 4.74 Å². The van der Waals surface area contributed by atoms with E-state index in [0.717, 1.165) is 12.8 Å². The average Bonchev–Trinajstić information content (AvgIpc) is 2.86. The average molecular weight is 226 g/mol. The third-order valence-electron chi connectivity index (χ3n) is 3.47. The Balaban J connectivity index is 1.80. The van der Waals surface area contributed by atoms with E-state index in [4.69, 9.17) is 10.5 Å². The summed E-state index contributed by atoms with van der Waals surface area (Å²) in [5.74, 6) is 1.23. The molecule has 0 spiro atoms. The highest BCUT2D eigenvalue weighted by molar-refractivity contribution is 5.68. The normalized spacial score (nSPS) is 37.5. The van der Waals surface area contributed by atoms with E-state index in [0.29, 0.717) is 17.9 Å². The highest BCUT2D eigenvalue weighted by Crippen LogP contribution is 2.48. The van der Waals surface area contributed by atoms with Crippen molar-refractivity contribution in [3.8, 4) is 0 Å². The summed E-state index contributed by atoms with van der Waals surface area (Å²) in [7, 11) is 0. The first kappa shape index (κ1) is 11.7. The zero-order valence-electron chi connectivity index (χ0n) is 10.3. The van der Waals surface area contributed by atoms with Crippen LogP contribution in [0, 0.1) is 11.8 Å².